The van der Waals surface area contributed by atoms with E-state index in [9.17, 15) is 9.90 Å². The van der Waals surface area contributed by atoms with Crippen LogP contribution < -0.4 is 10.6 Å². The summed E-state index contributed by atoms with van der Waals surface area (Å²) in [5, 5.41) is 20.9. The molecule has 3 N–H and O–H groups in total. The molecule has 1 fully saturated rings. The Hall–Kier alpha value is -2.34. The molecule has 1 saturated carbocycles. The molecule has 1 heterocycles. The molecule has 1 aliphatic carbocycles. The van der Waals surface area contributed by atoms with Crippen molar-refractivity contribution in [1.82, 2.24) is 15.1 Å². The first-order valence-corrected chi connectivity index (χ1v) is 8.79. The first kappa shape index (κ1) is 17.5. The van der Waals surface area contributed by atoms with Gasteiger partial charge in [0.15, 0.2) is 0 Å². The van der Waals surface area contributed by atoms with Crippen LogP contribution in [0.25, 0.3) is 0 Å². The number of nitrogens with one attached hydrogen (secondary N) is 2. The van der Waals surface area contributed by atoms with Gasteiger partial charge in [-0.3, -0.25) is 4.68 Å². The Morgan fingerprint density at radius 2 is 2.00 bits per heavy atom. The smallest absolute Gasteiger partial charge is 0.319 e. The zero-order valence-corrected chi connectivity index (χ0v) is 15.0. The molecule has 6 nitrogen and oxygen atoms in total. The third-order valence-corrected chi connectivity index (χ3v) is 5.11. The number of urea groups is 1. The second kappa shape index (κ2) is 6.88. The first-order valence-electron chi connectivity index (χ1n) is 8.79. The van der Waals surface area contributed by atoms with Gasteiger partial charge in [0.2, 0.25) is 0 Å². The fourth-order valence-electron chi connectivity index (χ4n) is 3.30. The van der Waals surface area contributed by atoms with E-state index in [1.165, 1.54) is 0 Å². The molecule has 0 radical (unpaired) electrons. The topological polar surface area (TPSA) is 79.2 Å². The average Bonchev–Trinajstić information content (AvgIpc) is 3.38. The molecule has 25 heavy (non-hydrogen) atoms. The van der Waals surface area contributed by atoms with Crippen molar-refractivity contribution < 1.29 is 9.90 Å². The van der Waals surface area contributed by atoms with Gasteiger partial charge < -0.3 is 15.7 Å². The molecule has 2 aromatic rings. The van der Waals surface area contributed by atoms with Crippen molar-refractivity contribution in [3.05, 3.63) is 47.3 Å². The quantitative estimate of drug-likeness (QED) is 0.754. The summed E-state index contributed by atoms with van der Waals surface area (Å²) < 4.78 is 1.87. The number of benzene rings is 1. The SMILES string of the molecule is CCn1nc(C)c(NC(=O)NCC2(C(O)c3ccccc3)CC2)c1C. The van der Waals surface area contributed by atoms with E-state index in [1.807, 2.05) is 55.8 Å². The number of aryl methyl sites for hydroxylation is 2. The van der Waals surface area contributed by atoms with Crippen LogP contribution in [0.4, 0.5) is 10.5 Å². The Balaban J connectivity index is 1.60. The summed E-state index contributed by atoms with van der Waals surface area (Å²) in [5.74, 6) is 0. The average molecular weight is 342 g/mol. The highest BCUT2D eigenvalue weighted by Crippen LogP contribution is 2.54. The highest BCUT2D eigenvalue weighted by atomic mass is 16.3. The Morgan fingerprint density at radius 1 is 1.32 bits per heavy atom. The molecule has 2 amide bonds. The summed E-state index contributed by atoms with van der Waals surface area (Å²) >= 11 is 0. The minimum atomic E-state index is -0.555. The van der Waals surface area contributed by atoms with Gasteiger partial charge in [-0.1, -0.05) is 30.3 Å². The van der Waals surface area contributed by atoms with Crippen molar-refractivity contribution in [3.8, 4) is 0 Å². The fourth-order valence-corrected chi connectivity index (χ4v) is 3.30. The molecule has 6 heteroatoms. The number of nitrogens with zero attached hydrogens (tertiary/aromatic N) is 2. The molecule has 1 aromatic heterocycles. The zero-order chi connectivity index (χ0) is 18.0. The largest absolute Gasteiger partial charge is 0.388 e. The normalized spacial score (nSPS) is 16.3. The summed E-state index contributed by atoms with van der Waals surface area (Å²) in [6.45, 7) is 7.07. The second-order valence-electron chi connectivity index (χ2n) is 6.84. The van der Waals surface area contributed by atoms with E-state index in [-0.39, 0.29) is 11.4 Å². The van der Waals surface area contributed by atoms with E-state index < -0.39 is 6.10 Å². The third-order valence-electron chi connectivity index (χ3n) is 5.11. The molecule has 1 atom stereocenters. The van der Waals surface area contributed by atoms with Gasteiger partial charge in [-0.05, 0) is 39.2 Å². The second-order valence-corrected chi connectivity index (χ2v) is 6.84. The fraction of sp³-hybridized carbons (Fsp3) is 0.474. The predicted octanol–water partition coefficient (Wildman–Crippen LogP) is 3.16. The number of hydrogen-bond acceptors (Lipinski definition) is 3. The minimum Gasteiger partial charge on any atom is -0.388 e. The number of amides is 2. The lowest BCUT2D eigenvalue weighted by Gasteiger charge is -2.23. The van der Waals surface area contributed by atoms with E-state index in [2.05, 4.69) is 15.7 Å². The van der Waals surface area contributed by atoms with Crippen LogP contribution in [0.15, 0.2) is 30.3 Å². The first-order chi connectivity index (χ1) is 12.0. The monoisotopic (exact) mass is 342 g/mol. The van der Waals surface area contributed by atoms with Gasteiger partial charge in [0, 0.05) is 18.5 Å². The molecular formula is C19H26N4O2. The Kier molecular flexibility index (Phi) is 4.81. The summed E-state index contributed by atoms with van der Waals surface area (Å²) in [7, 11) is 0. The van der Waals surface area contributed by atoms with Gasteiger partial charge in [-0.2, -0.15) is 5.10 Å². The Labute approximate surface area is 148 Å². The molecular weight excluding hydrogens is 316 g/mol. The number of rotatable bonds is 6. The summed E-state index contributed by atoms with van der Waals surface area (Å²) in [6.07, 6.45) is 1.27. The van der Waals surface area contributed by atoms with Gasteiger partial charge in [0.05, 0.1) is 23.2 Å². The number of aliphatic hydroxyl groups is 1. The summed E-state index contributed by atoms with van der Waals surface area (Å²) in [6, 6.07) is 9.38. The van der Waals surface area contributed by atoms with Gasteiger partial charge in [-0.25, -0.2) is 4.79 Å². The van der Waals surface area contributed by atoms with E-state index in [1.54, 1.807) is 0 Å². The number of carbonyl (C=O) groups is 1. The number of aliphatic hydroxyl groups excluding tert-OH is 1. The van der Waals surface area contributed by atoms with Crippen molar-refractivity contribution in [1.29, 1.82) is 0 Å². The van der Waals surface area contributed by atoms with Crippen molar-refractivity contribution in [2.45, 2.75) is 46.3 Å². The predicted molar refractivity (Wildman–Crippen MR) is 97.5 cm³/mol. The van der Waals surface area contributed by atoms with Crippen LogP contribution in [0.2, 0.25) is 0 Å². The van der Waals surface area contributed by atoms with Crippen LogP contribution in [0.5, 0.6) is 0 Å². The number of carbonyl (C=O) groups excluding carboxylic acids is 1. The van der Waals surface area contributed by atoms with Gasteiger partial charge in [0.1, 0.15) is 0 Å². The molecule has 3 rings (SSSR count). The maximum absolute atomic E-state index is 12.3. The lowest BCUT2D eigenvalue weighted by molar-refractivity contribution is 0.0936. The lowest BCUT2D eigenvalue weighted by Crippen LogP contribution is -2.36. The molecule has 0 saturated heterocycles. The number of hydrogen-bond donors (Lipinski definition) is 3. The van der Waals surface area contributed by atoms with Crippen LogP contribution in [0.1, 0.15) is 42.8 Å². The van der Waals surface area contributed by atoms with Crippen molar-refractivity contribution in [3.63, 3.8) is 0 Å². The molecule has 134 valence electrons. The minimum absolute atomic E-state index is 0.254. The van der Waals surface area contributed by atoms with Crippen molar-refractivity contribution in [2.24, 2.45) is 5.41 Å². The number of anilines is 1. The maximum atomic E-state index is 12.3. The Morgan fingerprint density at radius 3 is 2.56 bits per heavy atom. The molecule has 1 unspecified atom stereocenters. The molecule has 1 aliphatic rings. The van der Waals surface area contributed by atoms with E-state index in [0.29, 0.717) is 6.54 Å². The van der Waals surface area contributed by atoms with Crippen LogP contribution in [-0.2, 0) is 6.54 Å². The summed E-state index contributed by atoms with van der Waals surface area (Å²) in [4.78, 5) is 12.3. The highest BCUT2D eigenvalue weighted by Gasteiger charge is 2.49. The lowest BCUT2D eigenvalue weighted by atomic mass is 9.93. The number of aromatic nitrogens is 2. The molecule has 1 aromatic carbocycles. The third kappa shape index (κ3) is 3.54. The van der Waals surface area contributed by atoms with Crippen molar-refractivity contribution >= 4 is 11.7 Å². The zero-order valence-electron chi connectivity index (χ0n) is 15.0. The molecule has 0 bridgehead atoms. The van der Waals surface area contributed by atoms with Crippen LogP contribution in [0.3, 0.4) is 0 Å². The summed E-state index contributed by atoms with van der Waals surface area (Å²) in [5.41, 5.74) is 3.16. The van der Waals surface area contributed by atoms with Gasteiger partial charge >= 0.3 is 6.03 Å². The van der Waals surface area contributed by atoms with E-state index >= 15 is 0 Å². The van der Waals surface area contributed by atoms with Crippen LogP contribution >= 0.6 is 0 Å². The standard InChI is InChI=1S/C19H26N4O2/c1-4-23-14(3)16(13(2)22-23)21-18(25)20-12-19(10-11-19)17(24)15-8-6-5-7-9-15/h5-9,17,24H,4,10-12H2,1-3H3,(H2,20,21,25). The van der Waals surface area contributed by atoms with Crippen LogP contribution in [-0.4, -0.2) is 27.5 Å². The van der Waals surface area contributed by atoms with Gasteiger partial charge in [0.25, 0.3) is 0 Å². The van der Waals surface area contributed by atoms with E-state index in [4.69, 9.17) is 0 Å². The van der Waals surface area contributed by atoms with E-state index in [0.717, 1.165) is 42.0 Å². The maximum Gasteiger partial charge on any atom is 0.319 e. The van der Waals surface area contributed by atoms with Crippen molar-refractivity contribution in [2.75, 3.05) is 11.9 Å². The molecule has 0 aliphatic heterocycles. The van der Waals surface area contributed by atoms with Crippen LogP contribution in [0, 0.1) is 19.3 Å². The molecule has 0 spiro atoms. The highest BCUT2D eigenvalue weighted by molar-refractivity contribution is 5.90. The Bertz CT molecular complexity index is 750. The van der Waals surface area contributed by atoms with Gasteiger partial charge in [-0.15, -0.1) is 0 Å².